The van der Waals surface area contributed by atoms with Gasteiger partial charge >= 0.3 is 5.97 Å². The fourth-order valence-corrected chi connectivity index (χ4v) is 3.27. The van der Waals surface area contributed by atoms with Crippen LogP contribution in [0, 0.1) is 0 Å². The van der Waals surface area contributed by atoms with Gasteiger partial charge < -0.3 is 14.3 Å². The van der Waals surface area contributed by atoms with Crippen LogP contribution < -0.4 is 4.74 Å². The first kappa shape index (κ1) is 19.9. The standard InChI is InChI=1S/C23H19ClN2O4/c1-26(24)19(23(27)28)14-15-10-12-17(13-11-15)29-20-9-5-8-18-21(20)30-22(25-18)16-6-3-2-4-7-16/h2-13,19H,14H2,1H3,(H,27,28). The van der Waals surface area contributed by atoms with Crippen LogP contribution >= 0.6 is 11.8 Å². The zero-order chi connectivity index (χ0) is 21.1. The van der Waals surface area contributed by atoms with Crippen molar-refractivity contribution in [1.29, 1.82) is 0 Å². The molecule has 1 unspecified atom stereocenters. The van der Waals surface area contributed by atoms with Gasteiger partial charge in [0.25, 0.3) is 0 Å². The Balaban J connectivity index is 1.56. The van der Waals surface area contributed by atoms with Gasteiger partial charge in [-0.05, 0) is 60.2 Å². The highest BCUT2D eigenvalue weighted by atomic mass is 35.5. The zero-order valence-electron chi connectivity index (χ0n) is 16.2. The van der Waals surface area contributed by atoms with E-state index in [1.54, 1.807) is 12.1 Å². The second-order valence-corrected chi connectivity index (χ2v) is 7.35. The summed E-state index contributed by atoms with van der Waals surface area (Å²) in [5.41, 5.74) is 3.00. The third-order valence-corrected chi connectivity index (χ3v) is 4.93. The van der Waals surface area contributed by atoms with Crippen molar-refractivity contribution in [1.82, 2.24) is 9.40 Å². The van der Waals surface area contributed by atoms with Crippen molar-refractivity contribution in [3.8, 4) is 23.0 Å². The summed E-state index contributed by atoms with van der Waals surface area (Å²) in [6.45, 7) is 0. The molecule has 4 rings (SSSR count). The van der Waals surface area contributed by atoms with E-state index in [4.69, 9.17) is 20.9 Å². The topological polar surface area (TPSA) is 75.8 Å². The Bertz CT molecular complexity index is 1160. The Kier molecular flexibility index (Phi) is 5.70. The van der Waals surface area contributed by atoms with Crippen molar-refractivity contribution in [2.75, 3.05) is 7.05 Å². The molecule has 0 aliphatic carbocycles. The van der Waals surface area contributed by atoms with Crippen molar-refractivity contribution >= 4 is 28.8 Å². The van der Waals surface area contributed by atoms with Gasteiger partial charge in [-0.3, -0.25) is 4.79 Å². The first-order valence-electron chi connectivity index (χ1n) is 9.34. The fourth-order valence-electron chi connectivity index (χ4n) is 3.12. The molecule has 30 heavy (non-hydrogen) atoms. The molecule has 0 spiro atoms. The average molecular weight is 423 g/mol. The molecule has 4 aromatic rings. The predicted octanol–water partition coefficient (Wildman–Crippen LogP) is 5.37. The molecule has 0 amide bonds. The molecule has 0 fully saturated rings. The number of carbonyl (C=O) groups is 1. The Hall–Kier alpha value is -3.35. The van der Waals surface area contributed by atoms with Gasteiger partial charge in [-0.1, -0.05) is 36.4 Å². The normalized spacial score (nSPS) is 12.2. The average Bonchev–Trinajstić information content (AvgIpc) is 3.19. The summed E-state index contributed by atoms with van der Waals surface area (Å²) >= 11 is 5.84. The van der Waals surface area contributed by atoms with Crippen LogP contribution in [0.5, 0.6) is 11.5 Å². The molecule has 152 valence electrons. The highest BCUT2D eigenvalue weighted by Gasteiger charge is 2.21. The van der Waals surface area contributed by atoms with Crippen LogP contribution in [0.4, 0.5) is 0 Å². The summed E-state index contributed by atoms with van der Waals surface area (Å²) in [7, 11) is 1.53. The number of halogens is 1. The van der Waals surface area contributed by atoms with E-state index in [9.17, 15) is 9.90 Å². The summed E-state index contributed by atoms with van der Waals surface area (Å²) < 4.78 is 13.1. The molecular formula is C23H19ClN2O4. The van der Waals surface area contributed by atoms with Crippen LogP contribution in [-0.2, 0) is 11.2 Å². The molecule has 0 saturated carbocycles. The highest BCUT2D eigenvalue weighted by Crippen LogP contribution is 2.33. The SMILES string of the molecule is CN(Cl)C(Cc1ccc(Oc2cccc3nc(-c4ccccc4)oc23)cc1)C(=O)O. The van der Waals surface area contributed by atoms with E-state index < -0.39 is 12.0 Å². The first-order valence-corrected chi connectivity index (χ1v) is 9.68. The van der Waals surface area contributed by atoms with Gasteiger partial charge in [0.05, 0.1) is 0 Å². The third kappa shape index (κ3) is 4.30. The van der Waals surface area contributed by atoms with Crippen LogP contribution in [-0.4, -0.2) is 33.6 Å². The Morgan fingerprint density at radius 1 is 1.10 bits per heavy atom. The molecule has 1 aromatic heterocycles. The van der Waals surface area contributed by atoms with Gasteiger partial charge in [0, 0.05) is 12.6 Å². The summed E-state index contributed by atoms with van der Waals surface area (Å²) in [5.74, 6) is 0.717. The van der Waals surface area contributed by atoms with Gasteiger partial charge in [0.2, 0.25) is 5.89 Å². The molecule has 0 radical (unpaired) electrons. The van der Waals surface area contributed by atoms with E-state index >= 15 is 0 Å². The summed E-state index contributed by atoms with van der Waals surface area (Å²) in [6, 6.07) is 21.6. The van der Waals surface area contributed by atoms with Gasteiger partial charge in [0.15, 0.2) is 11.3 Å². The number of rotatable bonds is 7. The van der Waals surface area contributed by atoms with Gasteiger partial charge in [0.1, 0.15) is 17.3 Å². The number of aromatic nitrogens is 1. The smallest absolute Gasteiger partial charge is 0.322 e. The zero-order valence-corrected chi connectivity index (χ0v) is 16.9. The number of ether oxygens (including phenoxy) is 1. The lowest BCUT2D eigenvalue weighted by molar-refractivity contribution is -0.141. The largest absolute Gasteiger partial charge is 0.480 e. The molecule has 6 nitrogen and oxygen atoms in total. The van der Waals surface area contributed by atoms with Crippen LogP contribution in [0.15, 0.2) is 77.2 Å². The lowest BCUT2D eigenvalue weighted by Gasteiger charge is -2.17. The minimum Gasteiger partial charge on any atom is -0.480 e. The maximum absolute atomic E-state index is 11.3. The number of aliphatic carboxylic acids is 1. The molecular weight excluding hydrogens is 404 g/mol. The lowest BCUT2D eigenvalue weighted by Crippen LogP contribution is -2.34. The predicted molar refractivity (Wildman–Crippen MR) is 115 cm³/mol. The van der Waals surface area contributed by atoms with E-state index in [1.807, 2.05) is 60.7 Å². The molecule has 1 N–H and O–H groups in total. The molecule has 3 aromatic carbocycles. The first-order chi connectivity index (χ1) is 14.5. The Morgan fingerprint density at radius 2 is 1.83 bits per heavy atom. The van der Waals surface area contributed by atoms with Crippen LogP contribution in [0.3, 0.4) is 0 Å². The minimum atomic E-state index is -0.973. The summed E-state index contributed by atoms with van der Waals surface area (Å²) in [6.07, 6.45) is 0.285. The second kappa shape index (κ2) is 8.57. The molecule has 0 aliphatic heterocycles. The fraction of sp³-hybridized carbons (Fsp3) is 0.130. The van der Waals surface area contributed by atoms with Crippen LogP contribution in [0.1, 0.15) is 5.56 Å². The second-order valence-electron chi connectivity index (χ2n) is 6.82. The number of benzene rings is 3. The molecule has 1 atom stereocenters. The summed E-state index contributed by atoms with van der Waals surface area (Å²) in [4.78, 5) is 15.9. The molecule has 1 heterocycles. The monoisotopic (exact) mass is 422 g/mol. The molecule has 0 aliphatic rings. The van der Waals surface area contributed by atoms with Crippen molar-refractivity contribution < 1.29 is 19.1 Å². The number of carboxylic acid groups (broad SMARTS) is 1. The lowest BCUT2D eigenvalue weighted by atomic mass is 10.1. The maximum atomic E-state index is 11.3. The number of hydrogen-bond acceptors (Lipinski definition) is 5. The van der Waals surface area contributed by atoms with Crippen molar-refractivity contribution in [2.45, 2.75) is 12.5 Å². The van der Waals surface area contributed by atoms with E-state index in [0.29, 0.717) is 28.5 Å². The Labute approximate surface area is 178 Å². The van der Waals surface area contributed by atoms with E-state index in [-0.39, 0.29) is 6.42 Å². The highest BCUT2D eigenvalue weighted by molar-refractivity contribution is 6.14. The number of para-hydroxylation sites is 1. The number of likely N-dealkylation sites (N-methyl/N-ethyl adjacent to an activating group) is 1. The number of fused-ring (bicyclic) bond motifs is 1. The number of oxazole rings is 1. The minimum absolute atomic E-state index is 0.285. The van der Waals surface area contributed by atoms with Crippen molar-refractivity contribution in [3.05, 3.63) is 78.4 Å². The van der Waals surface area contributed by atoms with Crippen LogP contribution in [0.25, 0.3) is 22.6 Å². The van der Waals surface area contributed by atoms with E-state index in [2.05, 4.69) is 4.98 Å². The van der Waals surface area contributed by atoms with Crippen LogP contribution in [0.2, 0.25) is 0 Å². The number of hydrogen-bond donors (Lipinski definition) is 1. The van der Waals surface area contributed by atoms with Gasteiger partial charge in [-0.25, -0.2) is 9.40 Å². The van der Waals surface area contributed by atoms with E-state index in [1.165, 1.54) is 11.5 Å². The van der Waals surface area contributed by atoms with Gasteiger partial charge in [-0.15, -0.1) is 0 Å². The number of nitrogens with zero attached hydrogens (tertiary/aromatic N) is 2. The van der Waals surface area contributed by atoms with E-state index in [0.717, 1.165) is 11.1 Å². The Morgan fingerprint density at radius 3 is 2.50 bits per heavy atom. The molecule has 0 bridgehead atoms. The van der Waals surface area contributed by atoms with Crippen molar-refractivity contribution in [2.24, 2.45) is 0 Å². The quantitative estimate of drug-likeness (QED) is 0.403. The molecule has 7 heteroatoms. The number of carboxylic acids is 1. The summed E-state index contributed by atoms with van der Waals surface area (Å²) in [5, 5.41) is 9.27. The third-order valence-electron chi connectivity index (χ3n) is 4.69. The molecule has 0 saturated heterocycles. The maximum Gasteiger partial charge on any atom is 0.322 e. The van der Waals surface area contributed by atoms with Crippen molar-refractivity contribution in [3.63, 3.8) is 0 Å². The van der Waals surface area contributed by atoms with Gasteiger partial charge in [-0.2, -0.15) is 0 Å².